The molecule has 0 spiro atoms. The second-order valence-electron chi connectivity index (χ2n) is 4.92. The summed E-state index contributed by atoms with van der Waals surface area (Å²) in [6, 6.07) is 8.85. The van der Waals surface area contributed by atoms with Crippen molar-refractivity contribution in [3.05, 3.63) is 39.1 Å². The van der Waals surface area contributed by atoms with E-state index in [0.29, 0.717) is 6.04 Å². The first-order chi connectivity index (χ1) is 9.15. The Morgan fingerprint density at radius 2 is 2.32 bits per heavy atom. The number of anilines is 1. The van der Waals surface area contributed by atoms with Crippen molar-refractivity contribution in [3.8, 4) is 0 Å². The van der Waals surface area contributed by atoms with E-state index in [1.54, 1.807) is 0 Å². The average Bonchev–Trinajstić information content (AvgIpc) is 3.12. The first-order valence-corrected chi connectivity index (χ1v) is 7.48. The standard InChI is InChI=1S/C13H15BrN4S/c1-17(8-9-3-2-4-10(14)7-9)12-15-16-13(19)18(12)11-5-6-11/h2-4,7,11H,5-6,8H2,1H3,(H,16,19). The van der Waals surface area contributed by atoms with Crippen molar-refractivity contribution in [1.29, 1.82) is 0 Å². The van der Waals surface area contributed by atoms with Gasteiger partial charge in [-0.05, 0) is 42.8 Å². The lowest BCUT2D eigenvalue weighted by Crippen LogP contribution is -2.20. The Labute approximate surface area is 125 Å². The number of benzene rings is 1. The van der Waals surface area contributed by atoms with Crippen LogP contribution in [0.15, 0.2) is 28.7 Å². The highest BCUT2D eigenvalue weighted by Crippen LogP contribution is 2.37. The van der Waals surface area contributed by atoms with E-state index in [0.717, 1.165) is 21.7 Å². The molecule has 0 aliphatic heterocycles. The molecule has 0 radical (unpaired) electrons. The monoisotopic (exact) mass is 338 g/mol. The normalized spacial score (nSPS) is 14.6. The molecule has 1 aliphatic rings. The minimum atomic E-state index is 0.534. The van der Waals surface area contributed by atoms with E-state index in [1.807, 2.05) is 19.2 Å². The van der Waals surface area contributed by atoms with Gasteiger partial charge in [0.15, 0.2) is 4.77 Å². The average molecular weight is 339 g/mol. The van der Waals surface area contributed by atoms with Crippen LogP contribution in [0.5, 0.6) is 0 Å². The summed E-state index contributed by atoms with van der Waals surface area (Å²) in [7, 11) is 2.05. The molecule has 19 heavy (non-hydrogen) atoms. The number of hydrogen-bond donors (Lipinski definition) is 1. The zero-order valence-electron chi connectivity index (χ0n) is 10.6. The van der Waals surface area contributed by atoms with E-state index in [-0.39, 0.29) is 0 Å². The van der Waals surface area contributed by atoms with Crippen LogP contribution in [0.4, 0.5) is 5.95 Å². The van der Waals surface area contributed by atoms with Gasteiger partial charge >= 0.3 is 0 Å². The molecular weight excluding hydrogens is 324 g/mol. The van der Waals surface area contributed by atoms with Crippen molar-refractivity contribution >= 4 is 34.1 Å². The molecule has 0 bridgehead atoms. The number of nitrogens with one attached hydrogen (secondary N) is 1. The summed E-state index contributed by atoms with van der Waals surface area (Å²) in [5.41, 5.74) is 1.24. The fourth-order valence-corrected chi connectivity index (χ4v) is 2.93. The maximum absolute atomic E-state index is 5.30. The summed E-state index contributed by atoms with van der Waals surface area (Å²) in [4.78, 5) is 2.13. The lowest BCUT2D eigenvalue weighted by molar-refractivity contribution is 0.700. The van der Waals surface area contributed by atoms with Gasteiger partial charge in [0.05, 0.1) is 0 Å². The highest BCUT2D eigenvalue weighted by Gasteiger charge is 2.28. The first kappa shape index (κ1) is 12.9. The van der Waals surface area contributed by atoms with E-state index < -0.39 is 0 Å². The molecule has 1 aromatic carbocycles. The van der Waals surface area contributed by atoms with Crippen molar-refractivity contribution in [2.24, 2.45) is 0 Å². The number of aromatic amines is 1. The van der Waals surface area contributed by atoms with E-state index >= 15 is 0 Å². The molecule has 3 rings (SSSR count). The van der Waals surface area contributed by atoms with Gasteiger partial charge in [0, 0.05) is 24.1 Å². The molecule has 100 valence electrons. The number of aromatic nitrogens is 3. The van der Waals surface area contributed by atoms with Crippen LogP contribution < -0.4 is 4.90 Å². The van der Waals surface area contributed by atoms with Gasteiger partial charge in [-0.2, -0.15) is 0 Å². The molecule has 0 atom stereocenters. The quantitative estimate of drug-likeness (QED) is 0.864. The first-order valence-electron chi connectivity index (χ1n) is 6.27. The Morgan fingerprint density at radius 3 is 3.00 bits per heavy atom. The lowest BCUT2D eigenvalue weighted by atomic mass is 10.2. The van der Waals surface area contributed by atoms with Gasteiger partial charge in [-0.3, -0.25) is 4.57 Å². The molecule has 0 saturated heterocycles. The van der Waals surface area contributed by atoms with Crippen LogP contribution in [0.3, 0.4) is 0 Å². The van der Waals surface area contributed by atoms with Crippen LogP contribution >= 0.6 is 28.1 Å². The molecule has 4 nitrogen and oxygen atoms in total. The van der Waals surface area contributed by atoms with Crippen molar-refractivity contribution in [2.45, 2.75) is 25.4 Å². The maximum atomic E-state index is 5.30. The van der Waals surface area contributed by atoms with E-state index in [2.05, 4.69) is 47.7 Å². The van der Waals surface area contributed by atoms with Gasteiger partial charge in [-0.15, -0.1) is 5.10 Å². The predicted octanol–water partition coefficient (Wildman–Crippen LogP) is 3.67. The van der Waals surface area contributed by atoms with Crippen LogP contribution in [-0.2, 0) is 6.54 Å². The Hall–Kier alpha value is -1.14. The molecule has 2 aromatic rings. The Balaban J connectivity index is 1.84. The highest BCUT2D eigenvalue weighted by atomic mass is 79.9. The third-order valence-electron chi connectivity index (χ3n) is 3.25. The van der Waals surface area contributed by atoms with Crippen molar-refractivity contribution in [3.63, 3.8) is 0 Å². The molecule has 1 heterocycles. The molecule has 6 heteroatoms. The summed E-state index contributed by atoms with van der Waals surface area (Å²) < 4.78 is 3.95. The topological polar surface area (TPSA) is 36.9 Å². The van der Waals surface area contributed by atoms with Gasteiger partial charge in [0.2, 0.25) is 5.95 Å². The molecule has 1 aliphatic carbocycles. The number of rotatable bonds is 4. The van der Waals surface area contributed by atoms with Crippen LogP contribution in [0.25, 0.3) is 0 Å². The minimum Gasteiger partial charge on any atom is -0.340 e. The second kappa shape index (κ2) is 5.09. The van der Waals surface area contributed by atoms with Crippen LogP contribution in [-0.4, -0.2) is 21.8 Å². The Kier molecular flexibility index (Phi) is 3.45. The minimum absolute atomic E-state index is 0.534. The van der Waals surface area contributed by atoms with Crippen LogP contribution in [0.2, 0.25) is 0 Å². The number of nitrogens with zero attached hydrogens (tertiary/aromatic N) is 3. The highest BCUT2D eigenvalue weighted by molar-refractivity contribution is 9.10. The van der Waals surface area contributed by atoms with Crippen LogP contribution in [0.1, 0.15) is 24.4 Å². The fourth-order valence-electron chi connectivity index (χ4n) is 2.21. The van der Waals surface area contributed by atoms with Crippen molar-refractivity contribution in [2.75, 3.05) is 11.9 Å². The SMILES string of the molecule is CN(Cc1cccc(Br)c1)c1n[nH]c(=S)n1C1CC1. The summed E-state index contributed by atoms with van der Waals surface area (Å²) in [6.45, 7) is 0.811. The van der Waals surface area contributed by atoms with Gasteiger partial charge in [0.25, 0.3) is 0 Å². The summed E-state index contributed by atoms with van der Waals surface area (Å²) in [5, 5.41) is 7.26. The number of halogens is 1. The Morgan fingerprint density at radius 1 is 1.53 bits per heavy atom. The molecule has 1 aromatic heterocycles. The number of hydrogen-bond acceptors (Lipinski definition) is 3. The van der Waals surface area contributed by atoms with Gasteiger partial charge < -0.3 is 4.90 Å². The summed E-state index contributed by atoms with van der Waals surface area (Å²) in [6.07, 6.45) is 2.40. The smallest absolute Gasteiger partial charge is 0.226 e. The van der Waals surface area contributed by atoms with Gasteiger partial charge in [-0.1, -0.05) is 28.1 Å². The molecular formula is C13H15BrN4S. The van der Waals surface area contributed by atoms with Crippen LogP contribution in [0, 0.1) is 4.77 Å². The molecule has 0 unspecified atom stereocenters. The van der Waals surface area contributed by atoms with Gasteiger partial charge in [-0.25, -0.2) is 5.10 Å². The molecule has 1 N–H and O–H groups in total. The molecule has 1 saturated carbocycles. The predicted molar refractivity (Wildman–Crippen MR) is 81.9 cm³/mol. The zero-order valence-corrected chi connectivity index (χ0v) is 13.0. The van der Waals surface area contributed by atoms with Crippen molar-refractivity contribution < 1.29 is 0 Å². The van der Waals surface area contributed by atoms with Gasteiger partial charge in [0.1, 0.15) is 0 Å². The fraction of sp³-hybridized carbons (Fsp3) is 0.385. The molecule has 1 fully saturated rings. The summed E-state index contributed by atoms with van der Waals surface area (Å²) >= 11 is 8.80. The van der Waals surface area contributed by atoms with E-state index in [9.17, 15) is 0 Å². The summed E-state index contributed by atoms with van der Waals surface area (Å²) in [5.74, 6) is 0.924. The largest absolute Gasteiger partial charge is 0.340 e. The van der Waals surface area contributed by atoms with E-state index in [4.69, 9.17) is 12.2 Å². The maximum Gasteiger partial charge on any atom is 0.226 e. The second-order valence-corrected chi connectivity index (χ2v) is 6.22. The molecule has 0 amide bonds. The lowest BCUT2D eigenvalue weighted by Gasteiger charge is -2.19. The van der Waals surface area contributed by atoms with Crippen molar-refractivity contribution in [1.82, 2.24) is 14.8 Å². The van der Waals surface area contributed by atoms with E-state index in [1.165, 1.54) is 18.4 Å². The zero-order chi connectivity index (χ0) is 13.4. The third kappa shape index (κ3) is 2.74. The Bertz CT molecular complexity index is 644. The number of H-pyrrole nitrogens is 1. The third-order valence-corrected chi connectivity index (χ3v) is 4.03.